The van der Waals surface area contributed by atoms with Gasteiger partial charge in [-0.1, -0.05) is 63.2 Å². The summed E-state index contributed by atoms with van der Waals surface area (Å²) in [4.78, 5) is 12.2. The highest BCUT2D eigenvalue weighted by Gasteiger charge is 2.33. The fraction of sp³-hybridized carbons (Fsp3) is 0.350. The van der Waals surface area contributed by atoms with E-state index in [1.165, 1.54) is 18.2 Å². The van der Waals surface area contributed by atoms with Crippen LogP contribution < -0.4 is 10.6 Å². The molecule has 0 aromatic heterocycles. The number of alkyl halides is 3. The zero-order chi connectivity index (χ0) is 19.4. The van der Waals surface area contributed by atoms with Crippen LogP contribution in [0, 0.1) is 5.41 Å². The van der Waals surface area contributed by atoms with Crippen LogP contribution in [0.25, 0.3) is 0 Å². The standard InChI is InChI=1S/C20H23F3N2O/c1-19(2,3)18(14-9-5-4-6-10-14)24-13-17(26)25-16-12-8-7-11-15(16)20(21,22)23/h4-12,18,24H,13H2,1-3H3,(H,25,26). The third-order valence-corrected chi connectivity index (χ3v) is 3.97. The molecule has 0 heterocycles. The SMILES string of the molecule is CC(C)(C)C(NCC(=O)Nc1ccccc1C(F)(F)F)c1ccccc1. The lowest BCUT2D eigenvalue weighted by Gasteiger charge is -2.32. The third kappa shape index (κ3) is 5.33. The molecule has 1 unspecified atom stereocenters. The highest BCUT2D eigenvalue weighted by Crippen LogP contribution is 2.35. The van der Waals surface area contributed by atoms with Crippen molar-refractivity contribution in [2.75, 3.05) is 11.9 Å². The van der Waals surface area contributed by atoms with E-state index in [-0.39, 0.29) is 23.7 Å². The molecule has 0 aliphatic heterocycles. The second-order valence-corrected chi connectivity index (χ2v) is 7.18. The van der Waals surface area contributed by atoms with Crippen LogP contribution >= 0.6 is 0 Å². The number of para-hydroxylation sites is 1. The molecule has 0 aliphatic rings. The van der Waals surface area contributed by atoms with Crippen molar-refractivity contribution in [1.29, 1.82) is 0 Å². The van der Waals surface area contributed by atoms with Crippen molar-refractivity contribution in [3.8, 4) is 0 Å². The van der Waals surface area contributed by atoms with Gasteiger partial charge in [-0.25, -0.2) is 0 Å². The number of halogens is 3. The maximum atomic E-state index is 13.0. The second kappa shape index (κ2) is 7.91. The average Bonchev–Trinajstić information content (AvgIpc) is 2.54. The molecule has 0 spiro atoms. The van der Waals surface area contributed by atoms with E-state index in [1.807, 2.05) is 51.1 Å². The fourth-order valence-electron chi connectivity index (χ4n) is 2.80. The van der Waals surface area contributed by atoms with Gasteiger partial charge in [-0.05, 0) is 23.1 Å². The molecule has 26 heavy (non-hydrogen) atoms. The quantitative estimate of drug-likeness (QED) is 0.782. The largest absolute Gasteiger partial charge is 0.418 e. The van der Waals surface area contributed by atoms with E-state index in [0.717, 1.165) is 11.6 Å². The van der Waals surface area contributed by atoms with Crippen LogP contribution in [-0.2, 0) is 11.0 Å². The van der Waals surface area contributed by atoms with E-state index < -0.39 is 17.6 Å². The normalized spacial score (nSPS) is 13.3. The van der Waals surface area contributed by atoms with Crippen molar-refractivity contribution >= 4 is 11.6 Å². The molecule has 0 fully saturated rings. The predicted molar refractivity (Wildman–Crippen MR) is 96.7 cm³/mol. The Balaban J connectivity index is 2.08. The maximum absolute atomic E-state index is 13.0. The third-order valence-electron chi connectivity index (χ3n) is 3.97. The summed E-state index contributed by atoms with van der Waals surface area (Å²) in [5.74, 6) is -0.521. The van der Waals surface area contributed by atoms with Crippen LogP contribution in [0.4, 0.5) is 18.9 Å². The highest BCUT2D eigenvalue weighted by atomic mass is 19.4. The Morgan fingerprint density at radius 2 is 1.54 bits per heavy atom. The molecular weight excluding hydrogens is 341 g/mol. The second-order valence-electron chi connectivity index (χ2n) is 7.18. The van der Waals surface area contributed by atoms with Gasteiger partial charge >= 0.3 is 6.18 Å². The number of hydrogen-bond acceptors (Lipinski definition) is 2. The van der Waals surface area contributed by atoms with Crippen LogP contribution in [0.5, 0.6) is 0 Å². The van der Waals surface area contributed by atoms with Crippen LogP contribution in [0.15, 0.2) is 54.6 Å². The predicted octanol–water partition coefficient (Wildman–Crippen LogP) is 5.02. The smallest absolute Gasteiger partial charge is 0.324 e. The molecule has 0 bridgehead atoms. The first-order valence-corrected chi connectivity index (χ1v) is 8.33. The summed E-state index contributed by atoms with van der Waals surface area (Å²) >= 11 is 0. The lowest BCUT2D eigenvalue weighted by atomic mass is 9.82. The zero-order valence-corrected chi connectivity index (χ0v) is 15.0. The molecule has 1 atom stereocenters. The highest BCUT2D eigenvalue weighted by molar-refractivity contribution is 5.93. The van der Waals surface area contributed by atoms with Gasteiger partial charge in [0.25, 0.3) is 0 Å². The minimum absolute atomic E-state index is 0.0942. The number of carbonyl (C=O) groups is 1. The summed E-state index contributed by atoms with van der Waals surface area (Å²) in [5, 5.41) is 5.51. The van der Waals surface area contributed by atoms with Crippen LogP contribution in [0.3, 0.4) is 0 Å². The molecule has 0 aliphatic carbocycles. The minimum atomic E-state index is -4.52. The van der Waals surface area contributed by atoms with Crippen molar-refractivity contribution in [3.63, 3.8) is 0 Å². The van der Waals surface area contributed by atoms with Crippen LogP contribution in [0.2, 0.25) is 0 Å². The summed E-state index contributed by atoms with van der Waals surface area (Å²) in [7, 11) is 0. The fourth-order valence-corrected chi connectivity index (χ4v) is 2.80. The van der Waals surface area contributed by atoms with E-state index in [4.69, 9.17) is 0 Å². The van der Waals surface area contributed by atoms with Crippen molar-refractivity contribution in [2.24, 2.45) is 5.41 Å². The molecule has 2 aromatic carbocycles. The Morgan fingerprint density at radius 1 is 0.962 bits per heavy atom. The monoisotopic (exact) mass is 364 g/mol. The molecule has 2 rings (SSSR count). The molecule has 140 valence electrons. The van der Waals surface area contributed by atoms with E-state index >= 15 is 0 Å². The average molecular weight is 364 g/mol. The van der Waals surface area contributed by atoms with Gasteiger partial charge in [-0.2, -0.15) is 13.2 Å². The van der Waals surface area contributed by atoms with Crippen molar-refractivity contribution in [1.82, 2.24) is 5.32 Å². The summed E-state index contributed by atoms with van der Waals surface area (Å²) in [6.07, 6.45) is -4.52. The van der Waals surface area contributed by atoms with Gasteiger partial charge in [0.1, 0.15) is 0 Å². The topological polar surface area (TPSA) is 41.1 Å². The van der Waals surface area contributed by atoms with Crippen LogP contribution in [0.1, 0.15) is 37.9 Å². The van der Waals surface area contributed by atoms with Crippen LogP contribution in [-0.4, -0.2) is 12.5 Å². The van der Waals surface area contributed by atoms with E-state index in [9.17, 15) is 18.0 Å². The van der Waals surface area contributed by atoms with Gasteiger partial charge in [0.05, 0.1) is 17.8 Å². The van der Waals surface area contributed by atoms with E-state index in [0.29, 0.717) is 0 Å². The first kappa shape index (κ1) is 20.0. The molecular formula is C20H23F3N2O. The van der Waals surface area contributed by atoms with Gasteiger partial charge in [-0.15, -0.1) is 0 Å². The van der Waals surface area contributed by atoms with Crippen molar-refractivity contribution in [2.45, 2.75) is 33.0 Å². The van der Waals surface area contributed by atoms with Gasteiger partial charge in [0, 0.05) is 6.04 Å². The first-order valence-electron chi connectivity index (χ1n) is 8.33. The number of nitrogens with one attached hydrogen (secondary N) is 2. The first-order chi connectivity index (χ1) is 12.1. The minimum Gasteiger partial charge on any atom is -0.324 e. The summed E-state index contributed by atoms with van der Waals surface area (Å²) in [5.41, 5.74) is -0.253. The number of benzene rings is 2. The van der Waals surface area contributed by atoms with Gasteiger partial charge < -0.3 is 10.6 Å². The lowest BCUT2D eigenvalue weighted by Crippen LogP contribution is -2.37. The number of anilines is 1. The zero-order valence-electron chi connectivity index (χ0n) is 15.0. The molecule has 2 aromatic rings. The summed E-state index contributed by atoms with van der Waals surface area (Å²) in [6, 6.07) is 14.5. The molecule has 6 heteroatoms. The molecule has 2 N–H and O–H groups in total. The van der Waals surface area contributed by atoms with Crippen molar-refractivity contribution < 1.29 is 18.0 Å². The van der Waals surface area contributed by atoms with Gasteiger partial charge in [-0.3, -0.25) is 4.79 Å². The van der Waals surface area contributed by atoms with E-state index in [2.05, 4.69) is 10.6 Å². The molecule has 1 amide bonds. The number of carbonyl (C=O) groups excluding carboxylic acids is 1. The molecule has 0 saturated heterocycles. The van der Waals surface area contributed by atoms with Gasteiger partial charge in [0.2, 0.25) is 5.91 Å². The summed E-state index contributed by atoms with van der Waals surface area (Å²) in [6.45, 7) is 6.01. The van der Waals surface area contributed by atoms with E-state index in [1.54, 1.807) is 0 Å². The summed E-state index contributed by atoms with van der Waals surface area (Å²) < 4.78 is 39.1. The Bertz CT molecular complexity index is 737. The molecule has 0 radical (unpaired) electrons. The maximum Gasteiger partial charge on any atom is 0.418 e. The Labute approximate surface area is 151 Å². The number of rotatable bonds is 5. The van der Waals surface area contributed by atoms with Gasteiger partial charge in [0.15, 0.2) is 0 Å². The molecule has 3 nitrogen and oxygen atoms in total. The number of amides is 1. The lowest BCUT2D eigenvalue weighted by molar-refractivity contribution is -0.137. The van der Waals surface area contributed by atoms with Crippen molar-refractivity contribution in [3.05, 3.63) is 65.7 Å². The Hall–Kier alpha value is -2.34. The molecule has 0 saturated carbocycles. The number of hydrogen-bond donors (Lipinski definition) is 2. The Kier molecular flexibility index (Phi) is 6.08. The Morgan fingerprint density at radius 3 is 2.12 bits per heavy atom.